The van der Waals surface area contributed by atoms with E-state index in [1.807, 2.05) is 18.2 Å². The van der Waals surface area contributed by atoms with Gasteiger partial charge in [0.15, 0.2) is 0 Å². The Morgan fingerprint density at radius 2 is 2.10 bits per heavy atom. The van der Waals surface area contributed by atoms with Crippen LogP contribution in [0.25, 0.3) is 0 Å². The lowest BCUT2D eigenvalue weighted by Crippen LogP contribution is -2.08. The third-order valence-corrected chi connectivity index (χ3v) is 3.60. The molecule has 0 spiro atoms. The SMILES string of the molecule is CC(C)n1cncc1COc1cc(Br)ccc1[C@@H](C)O. The highest BCUT2D eigenvalue weighted by molar-refractivity contribution is 9.10. The van der Waals surface area contributed by atoms with E-state index in [2.05, 4.69) is 39.3 Å². The van der Waals surface area contributed by atoms with E-state index >= 15 is 0 Å². The van der Waals surface area contributed by atoms with Gasteiger partial charge in [0.1, 0.15) is 12.4 Å². The van der Waals surface area contributed by atoms with Crippen LogP contribution in [0, 0.1) is 0 Å². The quantitative estimate of drug-likeness (QED) is 0.900. The number of aliphatic hydroxyl groups excluding tert-OH is 1. The molecule has 0 aliphatic carbocycles. The third kappa shape index (κ3) is 3.41. The lowest BCUT2D eigenvalue weighted by Gasteiger charge is -2.16. The average molecular weight is 339 g/mol. The average Bonchev–Trinajstić information content (AvgIpc) is 2.84. The van der Waals surface area contributed by atoms with Gasteiger partial charge in [-0.05, 0) is 32.9 Å². The van der Waals surface area contributed by atoms with Gasteiger partial charge in [-0.2, -0.15) is 0 Å². The minimum atomic E-state index is -0.562. The number of rotatable bonds is 5. The highest BCUT2D eigenvalue weighted by atomic mass is 79.9. The Morgan fingerprint density at radius 3 is 2.75 bits per heavy atom. The molecule has 2 rings (SSSR count). The number of imidazole rings is 1. The maximum absolute atomic E-state index is 9.78. The first-order chi connectivity index (χ1) is 9.49. The normalized spacial score (nSPS) is 12.7. The Kier molecular flexibility index (Phi) is 4.83. The van der Waals surface area contributed by atoms with Gasteiger partial charge in [0, 0.05) is 16.1 Å². The van der Waals surface area contributed by atoms with Crippen LogP contribution < -0.4 is 4.74 Å². The number of benzene rings is 1. The Bertz CT molecular complexity index is 579. The van der Waals surface area contributed by atoms with E-state index < -0.39 is 6.10 Å². The van der Waals surface area contributed by atoms with Crippen LogP contribution in [0.5, 0.6) is 5.75 Å². The lowest BCUT2D eigenvalue weighted by atomic mass is 10.1. The molecule has 1 aromatic carbocycles. The molecule has 0 unspecified atom stereocenters. The summed E-state index contributed by atoms with van der Waals surface area (Å²) in [5.41, 5.74) is 1.79. The van der Waals surface area contributed by atoms with Crippen molar-refractivity contribution >= 4 is 15.9 Å². The van der Waals surface area contributed by atoms with Crippen LogP contribution in [0.2, 0.25) is 0 Å². The Labute approximate surface area is 127 Å². The second-order valence-electron chi connectivity index (χ2n) is 5.03. The zero-order chi connectivity index (χ0) is 14.7. The molecule has 0 saturated heterocycles. The predicted molar refractivity (Wildman–Crippen MR) is 81.7 cm³/mol. The molecule has 0 saturated carbocycles. The zero-order valence-corrected chi connectivity index (χ0v) is 13.5. The number of nitrogens with zero attached hydrogens (tertiary/aromatic N) is 2. The summed E-state index contributed by atoms with van der Waals surface area (Å²) in [4.78, 5) is 4.16. The molecule has 1 N–H and O–H groups in total. The van der Waals surface area contributed by atoms with Gasteiger partial charge in [-0.15, -0.1) is 0 Å². The summed E-state index contributed by atoms with van der Waals surface area (Å²) in [5, 5.41) is 9.78. The van der Waals surface area contributed by atoms with Gasteiger partial charge in [-0.1, -0.05) is 22.0 Å². The third-order valence-electron chi connectivity index (χ3n) is 3.10. The molecule has 20 heavy (non-hydrogen) atoms. The van der Waals surface area contributed by atoms with Crippen molar-refractivity contribution < 1.29 is 9.84 Å². The fourth-order valence-electron chi connectivity index (χ4n) is 2.04. The molecule has 0 aliphatic rings. The molecule has 1 heterocycles. The molecule has 0 aliphatic heterocycles. The monoisotopic (exact) mass is 338 g/mol. The van der Waals surface area contributed by atoms with E-state index in [4.69, 9.17) is 4.74 Å². The maximum atomic E-state index is 9.78. The van der Waals surface area contributed by atoms with Crippen LogP contribution >= 0.6 is 15.9 Å². The zero-order valence-electron chi connectivity index (χ0n) is 11.9. The van der Waals surface area contributed by atoms with Crippen molar-refractivity contribution in [1.29, 1.82) is 0 Å². The molecule has 5 heteroatoms. The van der Waals surface area contributed by atoms with Gasteiger partial charge in [-0.25, -0.2) is 4.98 Å². The van der Waals surface area contributed by atoms with Gasteiger partial charge in [0.05, 0.1) is 24.3 Å². The van der Waals surface area contributed by atoms with Crippen LogP contribution in [-0.4, -0.2) is 14.7 Å². The molecule has 108 valence electrons. The largest absolute Gasteiger partial charge is 0.487 e. The summed E-state index contributed by atoms with van der Waals surface area (Å²) in [6.07, 6.45) is 3.05. The summed E-state index contributed by atoms with van der Waals surface area (Å²) < 4.78 is 8.86. The topological polar surface area (TPSA) is 47.3 Å². The minimum absolute atomic E-state index is 0.342. The first-order valence-corrected chi connectivity index (χ1v) is 7.39. The second-order valence-corrected chi connectivity index (χ2v) is 5.95. The van der Waals surface area contributed by atoms with E-state index in [0.29, 0.717) is 18.4 Å². The van der Waals surface area contributed by atoms with Crippen LogP contribution in [0.3, 0.4) is 0 Å². The van der Waals surface area contributed by atoms with Gasteiger partial charge in [0.25, 0.3) is 0 Å². The summed E-state index contributed by atoms with van der Waals surface area (Å²) in [6.45, 7) is 6.36. The molecule has 2 aromatic rings. The summed E-state index contributed by atoms with van der Waals surface area (Å²) in [5.74, 6) is 0.686. The van der Waals surface area contributed by atoms with Crippen molar-refractivity contribution in [3.63, 3.8) is 0 Å². The molecule has 1 aromatic heterocycles. The van der Waals surface area contributed by atoms with Crippen molar-refractivity contribution in [1.82, 2.24) is 9.55 Å². The highest BCUT2D eigenvalue weighted by Crippen LogP contribution is 2.29. The number of hydrogen-bond acceptors (Lipinski definition) is 3. The molecule has 1 atom stereocenters. The minimum Gasteiger partial charge on any atom is -0.487 e. The Hall–Kier alpha value is -1.33. The van der Waals surface area contributed by atoms with Crippen molar-refractivity contribution in [2.24, 2.45) is 0 Å². The number of aromatic nitrogens is 2. The number of hydrogen-bond donors (Lipinski definition) is 1. The van der Waals surface area contributed by atoms with Crippen LogP contribution in [0.15, 0.2) is 35.2 Å². The van der Waals surface area contributed by atoms with Crippen LogP contribution in [-0.2, 0) is 6.61 Å². The molecule has 0 fully saturated rings. The molecule has 4 nitrogen and oxygen atoms in total. The molecular weight excluding hydrogens is 320 g/mol. The Balaban J connectivity index is 2.18. The van der Waals surface area contributed by atoms with Crippen molar-refractivity contribution in [3.8, 4) is 5.75 Å². The van der Waals surface area contributed by atoms with Crippen LogP contribution in [0.1, 0.15) is 44.2 Å². The summed E-state index contributed by atoms with van der Waals surface area (Å²) in [7, 11) is 0. The smallest absolute Gasteiger partial charge is 0.130 e. The van der Waals surface area contributed by atoms with E-state index in [-0.39, 0.29) is 0 Å². The van der Waals surface area contributed by atoms with Gasteiger partial charge < -0.3 is 14.4 Å². The van der Waals surface area contributed by atoms with E-state index in [0.717, 1.165) is 15.7 Å². The molecule has 0 amide bonds. The molecule has 0 radical (unpaired) electrons. The Morgan fingerprint density at radius 1 is 1.35 bits per heavy atom. The maximum Gasteiger partial charge on any atom is 0.130 e. The van der Waals surface area contributed by atoms with Gasteiger partial charge >= 0.3 is 0 Å². The first kappa shape index (κ1) is 15.1. The van der Waals surface area contributed by atoms with Crippen molar-refractivity contribution in [2.75, 3.05) is 0 Å². The van der Waals surface area contributed by atoms with E-state index in [1.54, 1.807) is 19.4 Å². The van der Waals surface area contributed by atoms with Crippen molar-refractivity contribution in [2.45, 2.75) is 39.5 Å². The van der Waals surface area contributed by atoms with Crippen LogP contribution in [0.4, 0.5) is 0 Å². The number of aliphatic hydroxyl groups is 1. The fraction of sp³-hybridized carbons (Fsp3) is 0.400. The fourth-order valence-corrected chi connectivity index (χ4v) is 2.38. The molecule has 0 bridgehead atoms. The summed E-state index contributed by atoms with van der Waals surface area (Å²) >= 11 is 3.42. The van der Waals surface area contributed by atoms with Gasteiger partial charge in [-0.3, -0.25) is 0 Å². The molecular formula is C15H19BrN2O2. The number of halogens is 1. The second kappa shape index (κ2) is 6.41. The van der Waals surface area contributed by atoms with E-state index in [9.17, 15) is 5.11 Å². The standard InChI is InChI=1S/C15H19BrN2O2/c1-10(2)18-9-17-7-13(18)8-20-15-6-12(16)4-5-14(15)11(3)19/h4-7,9-11,19H,8H2,1-3H3/t11-/m1/s1. The lowest BCUT2D eigenvalue weighted by molar-refractivity contribution is 0.189. The van der Waals surface area contributed by atoms with Gasteiger partial charge in [0.2, 0.25) is 0 Å². The number of ether oxygens (including phenoxy) is 1. The summed E-state index contributed by atoms with van der Waals surface area (Å²) in [6, 6.07) is 5.98. The predicted octanol–water partition coefficient (Wildman–Crippen LogP) is 3.86. The first-order valence-electron chi connectivity index (χ1n) is 6.60. The van der Waals surface area contributed by atoms with E-state index in [1.165, 1.54) is 0 Å². The highest BCUT2D eigenvalue weighted by Gasteiger charge is 2.12. The van der Waals surface area contributed by atoms with Crippen molar-refractivity contribution in [3.05, 3.63) is 46.5 Å².